The fourth-order valence-corrected chi connectivity index (χ4v) is 3.07. The first-order chi connectivity index (χ1) is 11.2. The summed E-state index contributed by atoms with van der Waals surface area (Å²) in [5.41, 5.74) is 4.13. The van der Waals surface area contributed by atoms with Crippen molar-refractivity contribution in [2.75, 3.05) is 11.4 Å². The summed E-state index contributed by atoms with van der Waals surface area (Å²) in [6.07, 6.45) is 6.67. The Morgan fingerprint density at radius 3 is 3.00 bits per heavy atom. The lowest BCUT2D eigenvalue weighted by atomic mass is 10.0. The van der Waals surface area contributed by atoms with Crippen molar-refractivity contribution in [2.45, 2.75) is 38.8 Å². The Kier molecular flexibility index (Phi) is 3.48. The molecular formula is C18H20N4O. The van der Waals surface area contributed by atoms with E-state index in [1.807, 2.05) is 25.3 Å². The van der Waals surface area contributed by atoms with Crippen molar-refractivity contribution >= 4 is 11.7 Å². The average molecular weight is 308 g/mol. The highest BCUT2D eigenvalue weighted by molar-refractivity contribution is 5.94. The molecule has 1 amide bonds. The van der Waals surface area contributed by atoms with E-state index >= 15 is 0 Å². The third-order valence-electron chi connectivity index (χ3n) is 4.49. The van der Waals surface area contributed by atoms with E-state index in [-0.39, 0.29) is 5.91 Å². The molecule has 3 heterocycles. The van der Waals surface area contributed by atoms with Gasteiger partial charge < -0.3 is 10.2 Å². The highest BCUT2D eigenvalue weighted by Crippen LogP contribution is 2.25. The molecule has 0 saturated heterocycles. The monoisotopic (exact) mass is 308 g/mol. The molecule has 1 saturated carbocycles. The summed E-state index contributed by atoms with van der Waals surface area (Å²) in [5, 5.41) is 3.01. The van der Waals surface area contributed by atoms with Crippen molar-refractivity contribution in [1.29, 1.82) is 0 Å². The Morgan fingerprint density at radius 2 is 2.22 bits per heavy atom. The summed E-state index contributed by atoms with van der Waals surface area (Å²) < 4.78 is 0. The second kappa shape index (κ2) is 5.65. The van der Waals surface area contributed by atoms with E-state index in [1.165, 1.54) is 11.3 Å². The van der Waals surface area contributed by atoms with Crippen molar-refractivity contribution < 1.29 is 4.79 Å². The molecule has 118 valence electrons. The minimum atomic E-state index is -0.0113. The Bertz CT molecular complexity index is 754. The number of amides is 1. The van der Waals surface area contributed by atoms with E-state index in [9.17, 15) is 4.79 Å². The molecule has 0 unspecified atom stereocenters. The van der Waals surface area contributed by atoms with Crippen LogP contribution in [0.3, 0.4) is 0 Å². The normalized spacial score (nSPS) is 16.8. The van der Waals surface area contributed by atoms with Crippen LogP contribution in [0.1, 0.15) is 40.0 Å². The zero-order valence-electron chi connectivity index (χ0n) is 13.2. The van der Waals surface area contributed by atoms with Crippen LogP contribution in [-0.2, 0) is 13.0 Å². The topological polar surface area (TPSA) is 58.1 Å². The van der Waals surface area contributed by atoms with Gasteiger partial charge >= 0.3 is 0 Å². The SMILES string of the molecule is Cc1cc(C(=O)NC2CC2)cnc1N1CCc2ncccc2C1. The molecule has 0 spiro atoms. The first-order valence-electron chi connectivity index (χ1n) is 8.16. The maximum atomic E-state index is 12.1. The third-order valence-corrected chi connectivity index (χ3v) is 4.49. The second-order valence-corrected chi connectivity index (χ2v) is 6.39. The average Bonchev–Trinajstić information content (AvgIpc) is 3.38. The van der Waals surface area contributed by atoms with Crippen molar-refractivity contribution in [3.05, 3.63) is 53.0 Å². The molecule has 2 aliphatic rings. The number of hydrogen-bond donors (Lipinski definition) is 1. The van der Waals surface area contributed by atoms with Crippen LogP contribution in [0.2, 0.25) is 0 Å². The van der Waals surface area contributed by atoms with Gasteiger partial charge in [-0.05, 0) is 43.0 Å². The molecule has 1 aliphatic heterocycles. The van der Waals surface area contributed by atoms with Crippen molar-refractivity contribution in [3.63, 3.8) is 0 Å². The molecule has 0 atom stereocenters. The van der Waals surface area contributed by atoms with Gasteiger partial charge in [-0.3, -0.25) is 9.78 Å². The predicted molar refractivity (Wildman–Crippen MR) is 88.5 cm³/mol. The lowest BCUT2D eigenvalue weighted by molar-refractivity contribution is 0.0950. The van der Waals surface area contributed by atoms with E-state index in [4.69, 9.17) is 0 Å². The zero-order valence-corrected chi connectivity index (χ0v) is 13.2. The van der Waals surface area contributed by atoms with Crippen LogP contribution in [-0.4, -0.2) is 28.5 Å². The number of nitrogens with one attached hydrogen (secondary N) is 1. The first kappa shape index (κ1) is 14.2. The molecule has 4 rings (SSSR count). The van der Waals surface area contributed by atoms with Crippen molar-refractivity contribution in [2.24, 2.45) is 0 Å². The third kappa shape index (κ3) is 2.91. The van der Waals surface area contributed by atoms with Crippen LogP contribution in [0.15, 0.2) is 30.6 Å². The van der Waals surface area contributed by atoms with Crippen LogP contribution in [0, 0.1) is 6.92 Å². The van der Waals surface area contributed by atoms with Gasteiger partial charge in [0, 0.05) is 43.6 Å². The molecule has 0 radical (unpaired) electrons. The molecule has 2 aromatic rings. The number of carbonyl (C=O) groups excluding carboxylic acids is 1. The number of aromatic nitrogens is 2. The van der Waals surface area contributed by atoms with Crippen LogP contribution in [0.25, 0.3) is 0 Å². The molecule has 0 bridgehead atoms. The number of aryl methyl sites for hydroxylation is 1. The van der Waals surface area contributed by atoms with Crippen LogP contribution >= 0.6 is 0 Å². The van der Waals surface area contributed by atoms with Gasteiger partial charge in [-0.2, -0.15) is 0 Å². The zero-order chi connectivity index (χ0) is 15.8. The number of fused-ring (bicyclic) bond motifs is 1. The standard InChI is InChI=1S/C18H20N4O/c1-12-9-14(18(23)21-15-4-5-15)10-20-17(12)22-8-6-16-13(11-22)3-2-7-19-16/h2-3,7,9-10,15H,4-6,8,11H2,1H3,(H,21,23). The van der Waals surface area contributed by atoms with Crippen molar-refractivity contribution in [1.82, 2.24) is 15.3 Å². The summed E-state index contributed by atoms with van der Waals surface area (Å²) >= 11 is 0. The summed E-state index contributed by atoms with van der Waals surface area (Å²) in [4.78, 5) is 23.4. The van der Waals surface area contributed by atoms with Crippen LogP contribution in [0.4, 0.5) is 5.82 Å². The van der Waals surface area contributed by atoms with Gasteiger partial charge in [0.15, 0.2) is 0 Å². The van der Waals surface area contributed by atoms with Gasteiger partial charge in [-0.1, -0.05) is 6.07 Å². The lowest BCUT2D eigenvalue weighted by Crippen LogP contribution is -2.32. The summed E-state index contributed by atoms with van der Waals surface area (Å²) in [7, 11) is 0. The van der Waals surface area contributed by atoms with E-state index in [2.05, 4.69) is 26.3 Å². The Balaban J connectivity index is 1.54. The molecule has 0 aromatic carbocycles. The number of nitrogens with zero attached hydrogens (tertiary/aromatic N) is 3. The fraction of sp³-hybridized carbons (Fsp3) is 0.389. The van der Waals surface area contributed by atoms with E-state index in [0.29, 0.717) is 11.6 Å². The Labute approximate surface area is 135 Å². The molecular weight excluding hydrogens is 288 g/mol. The largest absolute Gasteiger partial charge is 0.352 e. The van der Waals surface area contributed by atoms with Gasteiger partial charge in [0.25, 0.3) is 5.91 Å². The Hall–Kier alpha value is -2.43. The van der Waals surface area contributed by atoms with Gasteiger partial charge in [0.05, 0.1) is 5.56 Å². The van der Waals surface area contributed by atoms with Gasteiger partial charge in [0.2, 0.25) is 0 Å². The molecule has 2 aromatic heterocycles. The highest BCUT2D eigenvalue weighted by atomic mass is 16.1. The number of hydrogen-bond acceptors (Lipinski definition) is 4. The molecule has 1 N–H and O–H groups in total. The summed E-state index contributed by atoms with van der Waals surface area (Å²) in [5.74, 6) is 0.949. The van der Waals surface area contributed by atoms with Crippen LogP contribution in [0.5, 0.6) is 0 Å². The van der Waals surface area contributed by atoms with Crippen LogP contribution < -0.4 is 10.2 Å². The van der Waals surface area contributed by atoms with Crippen molar-refractivity contribution in [3.8, 4) is 0 Å². The number of rotatable bonds is 3. The maximum absolute atomic E-state index is 12.1. The summed E-state index contributed by atoms with van der Waals surface area (Å²) in [6, 6.07) is 6.42. The Morgan fingerprint density at radius 1 is 1.35 bits per heavy atom. The van der Waals surface area contributed by atoms with Gasteiger partial charge in [-0.15, -0.1) is 0 Å². The molecule has 1 fully saturated rings. The number of anilines is 1. The first-order valence-corrected chi connectivity index (χ1v) is 8.16. The highest BCUT2D eigenvalue weighted by Gasteiger charge is 2.25. The van der Waals surface area contributed by atoms with Gasteiger partial charge in [0.1, 0.15) is 5.82 Å². The van der Waals surface area contributed by atoms with E-state index < -0.39 is 0 Å². The fourth-order valence-electron chi connectivity index (χ4n) is 3.07. The minimum Gasteiger partial charge on any atom is -0.352 e. The molecule has 23 heavy (non-hydrogen) atoms. The maximum Gasteiger partial charge on any atom is 0.253 e. The second-order valence-electron chi connectivity index (χ2n) is 6.39. The van der Waals surface area contributed by atoms with E-state index in [0.717, 1.165) is 43.7 Å². The lowest BCUT2D eigenvalue weighted by Gasteiger charge is -2.30. The van der Waals surface area contributed by atoms with Gasteiger partial charge in [-0.25, -0.2) is 4.98 Å². The number of carbonyl (C=O) groups is 1. The molecule has 5 heteroatoms. The molecule has 5 nitrogen and oxygen atoms in total. The minimum absolute atomic E-state index is 0.0113. The van der Waals surface area contributed by atoms with E-state index in [1.54, 1.807) is 6.20 Å². The molecule has 1 aliphatic carbocycles. The quantitative estimate of drug-likeness (QED) is 0.945. The summed E-state index contributed by atoms with van der Waals surface area (Å²) in [6.45, 7) is 3.76. The predicted octanol–water partition coefficient (Wildman–Crippen LogP) is 2.24. The smallest absolute Gasteiger partial charge is 0.253 e. The number of pyridine rings is 2.